The molecule has 8 nitrogen and oxygen atoms in total. The third-order valence-electron chi connectivity index (χ3n) is 4.22. The van der Waals surface area contributed by atoms with Gasteiger partial charge in [0.1, 0.15) is 39.1 Å². The van der Waals surface area contributed by atoms with Crippen LogP contribution in [-0.4, -0.2) is 37.1 Å². The number of rotatable bonds is 9. The molecule has 1 aromatic heterocycles. The summed E-state index contributed by atoms with van der Waals surface area (Å²) in [5.74, 6) is -0.570. The van der Waals surface area contributed by atoms with E-state index in [0.29, 0.717) is 17.9 Å². The fraction of sp³-hybridized carbons (Fsp3) is 0.350. The van der Waals surface area contributed by atoms with E-state index >= 15 is 0 Å². The number of hydrogen-bond acceptors (Lipinski definition) is 8. The van der Waals surface area contributed by atoms with Gasteiger partial charge in [0.2, 0.25) is 5.78 Å². The van der Waals surface area contributed by atoms with E-state index in [2.05, 4.69) is 5.32 Å². The summed E-state index contributed by atoms with van der Waals surface area (Å²) in [5.41, 5.74) is 6.36. The van der Waals surface area contributed by atoms with Gasteiger partial charge in [-0.05, 0) is 30.5 Å². The lowest BCUT2D eigenvalue weighted by Crippen LogP contribution is -2.30. The number of carboxylic acid groups (broad SMARTS) is 1. The number of carbonyl (C=O) groups is 2. The van der Waals surface area contributed by atoms with Crippen LogP contribution in [0.3, 0.4) is 0 Å². The number of nitriles is 1. The SMILES string of the molecule is COc1ccc(OC)c(C(=O)c2sc(NC(CC(C)C)C(=O)O)c(C#N)c2N)c1. The van der Waals surface area contributed by atoms with Gasteiger partial charge < -0.3 is 25.6 Å². The Morgan fingerprint density at radius 1 is 1.31 bits per heavy atom. The zero-order valence-corrected chi connectivity index (χ0v) is 17.4. The molecule has 0 bridgehead atoms. The van der Waals surface area contributed by atoms with Crippen molar-refractivity contribution in [1.29, 1.82) is 5.26 Å². The van der Waals surface area contributed by atoms with Gasteiger partial charge in [-0.1, -0.05) is 13.8 Å². The number of nitrogens with one attached hydrogen (secondary N) is 1. The van der Waals surface area contributed by atoms with Gasteiger partial charge in [-0.15, -0.1) is 11.3 Å². The second kappa shape index (κ2) is 9.30. The Labute approximate surface area is 172 Å². The normalized spacial score (nSPS) is 11.6. The van der Waals surface area contributed by atoms with Crippen molar-refractivity contribution in [2.75, 3.05) is 25.3 Å². The Hall–Kier alpha value is -3.25. The first kappa shape index (κ1) is 22.0. The van der Waals surface area contributed by atoms with E-state index in [1.807, 2.05) is 19.9 Å². The average Bonchev–Trinajstić information content (AvgIpc) is 3.00. The Morgan fingerprint density at radius 3 is 2.52 bits per heavy atom. The molecule has 1 aromatic carbocycles. The molecular formula is C20H23N3O5S. The van der Waals surface area contributed by atoms with Crippen molar-refractivity contribution in [3.63, 3.8) is 0 Å². The Balaban J connectivity index is 2.49. The standard InChI is InChI=1S/C20H23N3O5S/c1-10(2)7-14(20(25)26)23-19-13(9-21)16(22)18(29-19)17(24)12-8-11(27-3)5-6-15(12)28-4/h5-6,8,10,14,23H,7,22H2,1-4H3,(H,25,26). The molecule has 0 radical (unpaired) electrons. The zero-order valence-electron chi connectivity index (χ0n) is 16.6. The molecule has 0 aliphatic rings. The van der Waals surface area contributed by atoms with Crippen molar-refractivity contribution in [3.8, 4) is 17.6 Å². The number of carbonyl (C=O) groups excluding carboxylic acids is 1. The van der Waals surface area contributed by atoms with E-state index in [4.69, 9.17) is 15.2 Å². The van der Waals surface area contributed by atoms with Gasteiger partial charge in [-0.2, -0.15) is 5.26 Å². The molecule has 0 saturated carbocycles. The summed E-state index contributed by atoms with van der Waals surface area (Å²) < 4.78 is 10.4. The van der Waals surface area contributed by atoms with E-state index in [9.17, 15) is 20.0 Å². The lowest BCUT2D eigenvalue weighted by molar-refractivity contribution is -0.138. The van der Waals surface area contributed by atoms with Crippen LogP contribution in [0.15, 0.2) is 18.2 Å². The number of nitrogen functional groups attached to an aromatic ring is 1. The number of benzene rings is 1. The molecule has 154 valence electrons. The molecule has 1 atom stereocenters. The molecule has 29 heavy (non-hydrogen) atoms. The van der Waals surface area contributed by atoms with Gasteiger partial charge >= 0.3 is 5.97 Å². The average molecular weight is 417 g/mol. The predicted molar refractivity (Wildman–Crippen MR) is 111 cm³/mol. The smallest absolute Gasteiger partial charge is 0.326 e. The highest BCUT2D eigenvalue weighted by Crippen LogP contribution is 2.39. The number of hydrogen-bond donors (Lipinski definition) is 3. The van der Waals surface area contributed by atoms with E-state index in [0.717, 1.165) is 11.3 Å². The maximum Gasteiger partial charge on any atom is 0.326 e. The number of ether oxygens (including phenoxy) is 2. The summed E-state index contributed by atoms with van der Waals surface area (Å²) in [4.78, 5) is 24.8. The van der Waals surface area contributed by atoms with Gasteiger partial charge in [0.05, 0.1) is 25.5 Å². The van der Waals surface area contributed by atoms with E-state index in [1.54, 1.807) is 12.1 Å². The fourth-order valence-electron chi connectivity index (χ4n) is 2.79. The molecule has 0 saturated heterocycles. The number of thiophene rings is 1. The molecule has 0 aliphatic heterocycles. The predicted octanol–water partition coefficient (Wildman–Crippen LogP) is 3.36. The Kier molecular flexibility index (Phi) is 7.07. The summed E-state index contributed by atoms with van der Waals surface area (Å²) in [7, 11) is 2.92. The second-order valence-electron chi connectivity index (χ2n) is 6.72. The molecule has 0 aliphatic carbocycles. The maximum atomic E-state index is 13.1. The van der Waals surface area contributed by atoms with E-state index < -0.39 is 17.8 Å². The number of carboxylic acids is 1. The highest BCUT2D eigenvalue weighted by Gasteiger charge is 2.27. The first-order valence-electron chi connectivity index (χ1n) is 8.81. The number of aliphatic carboxylic acids is 1. The van der Waals surface area contributed by atoms with Crippen molar-refractivity contribution < 1.29 is 24.2 Å². The molecule has 9 heteroatoms. The number of methoxy groups -OCH3 is 2. The largest absolute Gasteiger partial charge is 0.497 e. The monoisotopic (exact) mass is 417 g/mol. The Bertz CT molecular complexity index is 962. The summed E-state index contributed by atoms with van der Waals surface area (Å²) in [6, 6.07) is 5.84. The fourth-order valence-corrected chi connectivity index (χ4v) is 3.87. The van der Waals surface area contributed by atoms with Gasteiger partial charge in [0.15, 0.2) is 0 Å². The van der Waals surface area contributed by atoms with Crippen molar-refractivity contribution in [2.24, 2.45) is 5.92 Å². The number of ketones is 1. The molecule has 0 spiro atoms. The van der Waals surface area contributed by atoms with Crippen molar-refractivity contribution in [1.82, 2.24) is 0 Å². The maximum absolute atomic E-state index is 13.1. The quantitative estimate of drug-likeness (QED) is 0.529. The molecule has 1 unspecified atom stereocenters. The minimum atomic E-state index is -1.04. The molecular weight excluding hydrogens is 394 g/mol. The summed E-state index contributed by atoms with van der Waals surface area (Å²) in [5, 5.41) is 22.1. The summed E-state index contributed by atoms with van der Waals surface area (Å²) >= 11 is 0.951. The minimum absolute atomic E-state index is 0.00330. The van der Waals surface area contributed by atoms with Gasteiger partial charge in [0.25, 0.3) is 0 Å². The molecule has 1 heterocycles. The van der Waals surface area contributed by atoms with Crippen LogP contribution in [0.5, 0.6) is 11.5 Å². The van der Waals surface area contributed by atoms with Crippen molar-refractivity contribution in [3.05, 3.63) is 34.2 Å². The van der Waals surface area contributed by atoms with Crippen molar-refractivity contribution >= 4 is 33.8 Å². The van der Waals surface area contributed by atoms with Crippen LogP contribution in [0.1, 0.15) is 41.1 Å². The van der Waals surface area contributed by atoms with E-state index in [-0.39, 0.29) is 32.6 Å². The number of nitrogens with zero attached hydrogens (tertiary/aromatic N) is 1. The molecule has 2 aromatic rings. The van der Waals surface area contributed by atoms with Crippen LogP contribution in [-0.2, 0) is 4.79 Å². The Morgan fingerprint density at radius 2 is 2.00 bits per heavy atom. The zero-order chi connectivity index (χ0) is 21.7. The van der Waals surface area contributed by atoms with E-state index in [1.165, 1.54) is 20.3 Å². The second-order valence-corrected chi connectivity index (χ2v) is 7.74. The third-order valence-corrected chi connectivity index (χ3v) is 5.36. The summed E-state index contributed by atoms with van der Waals surface area (Å²) in [6.45, 7) is 3.80. The lowest BCUT2D eigenvalue weighted by atomic mass is 10.0. The van der Waals surface area contributed by atoms with Gasteiger partial charge in [0, 0.05) is 0 Å². The van der Waals surface area contributed by atoms with Crippen LogP contribution < -0.4 is 20.5 Å². The molecule has 4 N–H and O–H groups in total. The summed E-state index contributed by atoms with van der Waals surface area (Å²) in [6.07, 6.45) is 0.352. The van der Waals surface area contributed by atoms with Gasteiger partial charge in [-0.25, -0.2) is 4.79 Å². The molecule has 0 amide bonds. The topological polar surface area (TPSA) is 135 Å². The molecule has 2 rings (SSSR count). The van der Waals surface area contributed by atoms with Gasteiger partial charge in [-0.3, -0.25) is 4.79 Å². The highest BCUT2D eigenvalue weighted by molar-refractivity contribution is 7.19. The lowest BCUT2D eigenvalue weighted by Gasteiger charge is -2.16. The minimum Gasteiger partial charge on any atom is -0.497 e. The van der Waals surface area contributed by atoms with Crippen molar-refractivity contribution in [2.45, 2.75) is 26.3 Å². The third kappa shape index (κ3) is 4.78. The first-order chi connectivity index (χ1) is 13.7. The van der Waals surface area contributed by atoms with Crippen LogP contribution in [0, 0.1) is 17.2 Å². The van der Waals surface area contributed by atoms with Crippen LogP contribution in [0.2, 0.25) is 0 Å². The highest BCUT2D eigenvalue weighted by atomic mass is 32.1. The number of anilines is 2. The molecule has 0 fully saturated rings. The number of nitrogens with two attached hydrogens (primary N) is 1. The van der Waals surface area contributed by atoms with Crippen LogP contribution >= 0.6 is 11.3 Å². The van der Waals surface area contributed by atoms with Crippen LogP contribution in [0.4, 0.5) is 10.7 Å². The van der Waals surface area contributed by atoms with Crippen LogP contribution in [0.25, 0.3) is 0 Å². The first-order valence-corrected chi connectivity index (χ1v) is 9.63.